The summed E-state index contributed by atoms with van der Waals surface area (Å²) in [5.74, 6) is -0.362. The highest BCUT2D eigenvalue weighted by molar-refractivity contribution is 5.94. The lowest BCUT2D eigenvalue weighted by Gasteiger charge is -2.24. The Morgan fingerprint density at radius 2 is 1.37 bits per heavy atom. The van der Waals surface area contributed by atoms with E-state index in [1.165, 1.54) is 0 Å². The molecule has 194 valence electrons. The second-order valence-corrected chi connectivity index (χ2v) is 9.08. The van der Waals surface area contributed by atoms with Gasteiger partial charge in [-0.1, -0.05) is 91.0 Å². The van der Waals surface area contributed by atoms with Crippen LogP contribution in [0.1, 0.15) is 48.5 Å². The third kappa shape index (κ3) is 7.81. The van der Waals surface area contributed by atoms with Crippen LogP contribution in [0, 0.1) is 0 Å². The molecule has 1 N–H and O–H groups in total. The number of rotatable bonds is 13. The van der Waals surface area contributed by atoms with Gasteiger partial charge in [-0.2, -0.15) is 0 Å². The maximum Gasteiger partial charge on any atom is 0.303 e. The van der Waals surface area contributed by atoms with E-state index >= 15 is 0 Å². The van der Waals surface area contributed by atoms with Crippen LogP contribution in [0.4, 0.5) is 0 Å². The molecule has 0 aliphatic heterocycles. The third-order valence-corrected chi connectivity index (χ3v) is 6.21. The van der Waals surface area contributed by atoms with E-state index in [2.05, 4.69) is 0 Å². The molecule has 1 amide bonds. The van der Waals surface area contributed by atoms with Crippen LogP contribution in [0.15, 0.2) is 109 Å². The molecule has 4 aromatic rings. The Hall–Kier alpha value is -4.38. The van der Waals surface area contributed by atoms with E-state index in [1.54, 1.807) is 4.90 Å². The minimum absolute atomic E-state index is 0.157. The Morgan fingerprint density at radius 1 is 0.737 bits per heavy atom. The van der Waals surface area contributed by atoms with Crippen LogP contribution in [-0.4, -0.2) is 28.5 Å². The number of benzene rings is 4. The van der Waals surface area contributed by atoms with Gasteiger partial charge in [0.2, 0.25) is 0 Å². The summed E-state index contributed by atoms with van der Waals surface area (Å²) in [5.41, 5.74) is 4.14. The second kappa shape index (κ2) is 13.8. The zero-order valence-electron chi connectivity index (χ0n) is 22.3. The van der Waals surface area contributed by atoms with Crippen molar-refractivity contribution in [3.63, 3.8) is 0 Å². The van der Waals surface area contributed by atoms with Gasteiger partial charge in [0, 0.05) is 30.6 Å². The molecule has 0 heterocycles. The lowest BCUT2D eigenvalue weighted by Crippen LogP contribution is -2.30. The SMILES string of the molecule is [2H]C(c1ccccc1)N(Cc1ccccc1OCCCCCC(=O)O)C(=O)c1ccc(-c2ccccc2)cc1. The molecule has 0 spiro atoms. The summed E-state index contributed by atoms with van der Waals surface area (Å²) in [5, 5.41) is 8.81. The van der Waals surface area contributed by atoms with Crippen molar-refractivity contribution in [1.29, 1.82) is 0 Å². The van der Waals surface area contributed by atoms with E-state index in [-0.39, 0.29) is 18.9 Å². The Labute approximate surface area is 225 Å². The van der Waals surface area contributed by atoms with E-state index in [4.69, 9.17) is 11.2 Å². The van der Waals surface area contributed by atoms with Gasteiger partial charge in [-0.05, 0) is 54.2 Å². The summed E-state index contributed by atoms with van der Waals surface area (Å²) < 4.78 is 15.0. The Balaban J connectivity index is 1.53. The fourth-order valence-corrected chi connectivity index (χ4v) is 4.19. The molecular formula is C33H33NO4. The number of para-hydroxylation sites is 1. The predicted octanol–water partition coefficient (Wildman–Crippen LogP) is 7.22. The summed E-state index contributed by atoms with van der Waals surface area (Å²) in [6.07, 6.45) is 2.28. The summed E-state index contributed by atoms with van der Waals surface area (Å²) in [6.45, 7) is -0.247. The van der Waals surface area contributed by atoms with Crippen LogP contribution in [-0.2, 0) is 17.9 Å². The number of hydrogen-bond donors (Lipinski definition) is 1. The highest BCUT2D eigenvalue weighted by Gasteiger charge is 2.19. The lowest BCUT2D eigenvalue weighted by atomic mass is 10.0. The molecule has 5 heteroatoms. The molecule has 4 aromatic carbocycles. The van der Waals surface area contributed by atoms with Gasteiger partial charge in [0.1, 0.15) is 5.75 Å². The zero-order valence-corrected chi connectivity index (χ0v) is 21.3. The number of carboxylic acids is 1. The largest absolute Gasteiger partial charge is 0.493 e. The van der Waals surface area contributed by atoms with E-state index < -0.39 is 12.5 Å². The molecule has 38 heavy (non-hydrogen) atoms. The van der Waals surface area contributed by atoms with Crippen molar-refractivity contribution < 1.29 is 20.8 Å². The van der Waals surface area contributed by atoms with Crippen LogP contribution >= 0.6 is 0 Å². The maximum atomic E-state index is 13.8. The molecule has 4 rings (SSSR count). The van der Waals surface area contributed by atoms with E-state index in [0.29, 0.717) is 24.3 Å². The second-order valence-electron chi connectivity index (χ2n) is 9.08. The van der Waals surface area contributed by atoms with Gasteiger partial charge in [0.15, 0.2) is 0 Å². The molecule has 0 aromatic heterocycles. The highest BCUT2D eigenvalue weighted by atomic mass is 16.5. The Kier molecular flexibility index (Phi) is 9.18. The quantitative estimate of drug-likeness (QED) is 0.194. The minimum atomic E-state index is -0.906. The van der Waals surface area contributed by atoms with E-state index in [0.717, 1.165) is 35.1 Å². The molecular weight excluding hydrogens is 474 g/mol. The van der Waals surface area contributed by atoms with Crippen molar-refractivity contribution >= 4 is 11.9 Å². The Bertz CT molecular complexity index is 1340. The number of carbonyl (C=O) groups excluding carboxylic acids is 1. The smallest absolute Gasteiger partial charge is 0.303 e. The molecule has 5 nitrogen and oxygen atoms in total. The number of unbranched alkanes of at least 4 members (excludes halogenated alkanes) is 2. The van der Waals surface area contributed by atoms with Crippen molar-refractivity contribution in [2.24, 2.45) is 0 Å². The van der Waals surface area contributed by atoms with Gasteiger partial charge in [-0.15, -0.1) is 0 Å². The van der Waals surface area contributed by atoms with Crippen LogP contribution in [0.25, 0.3) is 11.1 Å². The zero-order chi connectivity index (χ0) is 27.5. The maximum absolute atomic E-state index is 13.8. The first-order valence-electron chi connectivity index (χ1n) is 13.5. The molecule has 0 saturated heterocycles. The number of amides is 1. The lowest BCUT2D eigenvalue weighted by molar-refractivity contribution is -0.137. The first-order valence-corrected chi connectivity index (χ1v) is 12.9. The average molecular weight is 509 g/mol. The summed E-state index contributed by atoms with van der Waals surface area (Å²) in [6, 6.07) is 34.4. The normalized spacial score (nSPS) is 11.8. The molecule has 1 unspecified atom stereocenters. The molecule has 0 fully saturated rings. The molecule has 0 aliphatic rings. The van der Waals surface area contributed by atoms with Crippen LogP contribution < -0.4 is 4.74 Å². The number of aliphatic carboxylic acids is 1. The standard InChI is InChI=1S/C33H33NO4/c35-32(36)18-8-3-11-23-38-31-17-10-9-16-30(31)25-34(24-26-12-4-1-5-13-26)33(37)29-21-19-28(20-22-29)27-14-6-2-7-15-27/h1-2,4-7,9-10,12-17,19-22H,3,8,11,18,23-25H2,(H,35,36)/i24D. The number of nitrogens with zero attached hydrogens (tertiary/aromatic N) is 1. The predicted molar refractivity (Wildman–Crippen MR) is 150 cm³/mol. The fourth-order valence-electron chi connectivity index (χ4n) is 4.19. The van der Waals surface area contributed by atoms with Crippen molar-refractivity contribution in [1.82, 2.24) is 4.90 Å². The van der Waals surface area contributed by atoms with Crippen molar-refractivity contribution in [3.8, 4) is 16.9 Å². The number of hydrogen-bond acceptors (Lipinski definition) is 3. The van der Waals surface area contributed by atoms with Crippen molar-refractivity contribution in [2.45, 2.75) is 38.7 Å². The fraction of sp³-hybridized carbons (Fsp3) is 0.212. The molecule has 0 radical (unpaired) electrons. The van der Waals surface area contributed by atoms with Crippen LogP contribution in [0.5, 0.6) is 5.75 Å². The first-order chi connectivity index (χ1) is 19.0. The summed E-state index contributed by atoms with van der Waals surface area (Å²) in [4.78, 5) is 26.1. The molecule has 0 aliphatic carbocycles. The Morgan fingerprint density at radius 3 is 2.08 bits per heavy atom. The number of carbonyl (C=O) groups is 2. The monoisotopic (exact) mass is 508 g/mol. The topological polar surface area (TPSA) is 66.8 Å². The van der Waals surface area contributed by atoms with E-state index in [9.17, 15) is 9.59 Å². The van der Waals surface area contributed by atoms with Gasteiger partial charge < -0.3 is 14.7 Å². The first kappa shape index (κ1) is 25.3. The van der Waals surface area contributed by atoms with Crippen LogP contribution in [0.3, 0.4) is 0 Å². The van der Waals surface area contributed by atoms with Gasteiger partial charge in [0.05, 0.1) is 7.98 Å². The average Bonchev–Trinajstić information content (AvgIpc) is 2.98. The number of carboxylic acid groups (broad SMARTS) is 1. The molecule has 0 saturated carbocycles. The molecule has 1 atom stereocenters. The minimum Gasteiger partial charge on any atom is -0.493 e. The van der Waals surface area contributed by atoms with Crippen LogP contribution in [0.2, 0.25) is 0 Å². The highest BCUT2D eigenvalue weighted by Crippen LogP contribution is 2.24. The van der Waals surface area contributed by atoms with Gasteiger partial charge in [0.25, 0.3) is 5.91 Å². The van der Waals surface area contributed by atoms with Gasteiger partial charge >= 0.3 is 5.97 Å². The van der Waals surface area contributed by atoms with Crippen molar-refractivity contribution in [2.75, 3.05) is 6.61 Å². The third-order valence-electron chi connectivity index (χ3n) is 6.21. The van der Waals surface area contributed by atoms with Gasteiger partial charge in [-0.25, -0.2) is 0 Å². The number of ether oxygens (including phenoxy) is 1. The van der Waals surface area contributed by atoms with Gasteiger partial charge in [-0.3, -0.25) is 9.59 Å². The summed E-state index contributed by atoms with van der Waals surface area (Å²) >= 11 is 0. The molecule has 0 bridgehead atoms. The van der Waals surface area contributed by atoms with E-state index in [1.807, 2.05) is 109 Å². The summed E-state index contributed by atoms with van der Waals surface area (Å²) in [7, 11) is 0. The van der Waals surface area contributed by atoms with Crippen molar-refractivity contribution in [3.05, 3.63) is 126 Å².